The summed E-state index contributed by atoms with van der Waals surface area (Å²) in [7, 11) is 0. The van der Waals surface area contributed by atoms with Gasteiger partial charge in [0, 0.05) is 28.9 Å². The summed E-state index contributed by atoms with van der Waals surface area (Å²) in [5.74, 6) is -1.71. The molecule has 2 N–H and O–H groups in total. The lowest BCUT2D eigenvalue weighted by molar-refractivity contribution is -0.384. The van der Waals surface area contributed by atoms with Gasteiger partial charge in [-0.1, -0.05) is 23.7 Å². The van der Waals surface area contributed by atoms with Gasteiger partial charge in [0.05, 0.1) is 28.0 Å². The molecule has 2 amide bonds. The molecule has 4 rings (SSSR count). The smallest absolute Gasteiger partial charge is 0.345 e. The van der Waals surface area contributed by atoms with Gasteiger partial charge in [0.2, 0.25) is 0 Å². The quantitative estimate of drug-likeness (QED) is 0.105. The first-order chi connectivity index (χ1) is 18.3. The summed E-state index contributed by atoms with van der Waals surface area (Å²) in [4.78, 5) is 47.7. The van der Waals surface area contributed by atoms with E-state index in [-0.39, 0.29) is 38.9 Å². The van der Waals surface area contributed by atoms with Crippen LogP contribution in [-0.4, -0.2) is 28.9 Å². The number of ether oxygens (including phenoxy) is 1. The molecule has 0 aliphatic heterocycles. The van der Waals surface area contributed by atoms with Crippen LogP contribution in [0.3, 0.4) is 0 Å². The van der Waals surface area contributed by atoms with Crippen LogP contribution in [0.15, 0.2) is 94.6 Å². The summed E-state index contributed by atoms with van der Waals surface area (Å²) in [5.41, 5.74) is 2.85. The summed E-state index contributed by atoms with van der Waals surface area (Å²) in [5, 5.41) is 17.9. The minimum Gasteiger partial charge on any atom is -0.459 e. The Morgan fingerprint density at radius 2 is 1.74 bits per heavy atom. The molecular formula is C26H17ClN4O7. The Bertz CT molecular complexity index is 1530. The Kier molecular flexibility index (Phi) is 7.89. The zero-order chi connectivity index (χ0) is 27.1. The first kappa shape index (κ1) is 25.8. The molecule has 4 aromatic rings. The number of halogens is 1. The molecule has 11 nitrogen and oxygen atoms in total. The lowest BCUT2D eigenvalue weighted by Gasteiger charge is -2.08. The molecule has 0 saturated heterocycles. The van der Waals surface area contributed by atoms with Gasteiger partial charge in [-0.2, -0.15) is 5.10 Å². The first-order valence-corrected chi connectivity index (χ1v) is 11.2. The van der Waals surface area contributed by atoms with Gasteiger partial charge >= 0.3 is 5.97 Å². The number of benzene rings is 3. The highest BCUT2D eigenvalue weighted by Crippen LogP contribution is 2.25. The molecule has 0 radical (unpaired) electrons. The van der Waals surface area contributed by atoms with E-state index in [1.165, 1.54) is 54.8 Å². The highest BCUT2D eigenvalue weighted by atomic mass is 35.5. The van der Waals surface area contributed by atoms with E-state index in [1.807, 2.05) is 0 Å². The third-order valence-corrected chi connectivity index (χ3v) is 5.35. The Balaban J connectivity index is 1.45. The number of amides is 2. The Morgan fingerprint density at radius 3 is 2.42 bits per heavy atom. The van der Waals surface area contributed by atoms with E-state index in [1.54, 1.807) is 18.2 Å². The van der Waals surface area contributed by atoms with E-state index in [4.69, 9.17) is 20.8 Å². The molecule has 0 saturated carbocycles. The summed E-state index contributed by atoms with van der Waals surface area (Å²) < 4.78 is 10.4. The topological polar surface area (TPSA) is 153 Å². The zero-order valence-corrected chi connectivity index (χ0v) is 20.0. The van der Waals surface area contributed by atoms with Gasteiger partial charge in [-0.05, 0) is 54.6 Å². The number of hydrogen-bond donors (Lipinski definition) is 2. The molecule has 12 heteroatoms. The average Bonchev–Trinajstić information content (AvgIpc) is 3.45. The molecule has 0 aliphatic carbocycles. The van der Waals surface area contributed by atoms with E-state index in [0.29, 0.717) is 5.69 Å². The predicted octanol–water partition coefficient (Wildman–Crippen LogP) is 5.08. The molecule has 0 aliphatic rings. The molecular weight excluding hydrogens is 516 g/mol. The predicted molar refractivity (Wildman–Crippen MR) is 138 cm³/mol. The van der Waals surface area contributed by atoms with Gasteiger partial charge in [0.25, 0.3) is 17.5 Å². The van der Waals surface area contributed by atoms with Crippen molar-refractivity contribution in [3.05, 3.63) is 123 Å². The molecule has 0 unspecified atom stereocenters. The van der Waals surface area contributed by atoms with E-state index < -0.39 is 22.7 Å². The number of nitrogens with one attached hydrogen (secondary N) is 2. The lowest BCUT2D eigenvalue weighted by Crippen LogP contribution is -2.18. The van der Waals surface area contributed by atoms with Crippen LogP contribution in [-0.2, 0) is 0 Å². The molecule has 0 fully saturated rings. The van der Waals surface area contributed by atoms with Crippen LogP contribution in [0.5, 0.6) is 5.75 Å². The highest BCUT2D eigenvalue weighted by Gasteiger charge is 2.17. The number of nitro benzene ring substituents is 1. The maximum absolute atomic E-state index is 12.5. The fraction of sp³-hybridized carbons (Fsp3) is 0. The van der Waals surface area contributed by atoms with Gasteiger partial charge in [-0.15, -0.1) is 0 Å². The molecule has 0 bridgehead atoms. The van der Waals surface area contributed by atoms with Crippen molar-refractivity contribution in [1.82, 2.24) is 5.43 Å². The van der Waals surface area contributed by atoms with Gasteiger partial charge < -0.3 is 14.5 Å². The van der Waals surface area contributed by atoms with Crippen molar-refractivity contribution in [2.24, 2.45) is 5.10 Å². The van der Waals surface area contributed by atoms with Crippen LogP contribution in [0, 0.1) is 10.1 Å². The minimum atomic E-state index is -0.776. The summed E-state index contributed by atoms with van der Waals surface area (Å²) in [6.07, 6.45) is 2.49. The van der Waals surface area contributed by atoms with Crippen molar-refractivity contribution in [3.63, 3.8) is 0 Å². The zero-order valence-electron chi connectivity index (χ0n) is 19.3. The highest BCUT2D eigenvalue weighted by molar-refractivity contribution is 6.33. The number of carbonyl (C=O) groups is 3. The number of hydrazone groups is 1. The fourth-order valence-corrected chi connectivity index (χ4v) is 3.37. The van der Waals surface area contributed by atoms with Crippen molar-refractivity contribution in [2.75, 3.05) is 5.32 Å². The number of carbonyl (C=O) groups excluding carboxylic acids is 3. The number of rotatable bonds is 8. The third kappa shape index (κ3) is 6.28. The molecule has 190 valence electrons. The number of furan rings is 1. The fourth-order valence-electron chi connectivity index (χ4n) is 3.16. The van der Waals surface area contributed by atoms with Crippen LogP contribution >= 0.6 is 11.6 Å². The standard InChI is InChI=1S/C26H17ClN4O7/c27-21-5-2-1-4-20(21)26(34)38-22-12-11-19(31(35)36)14-17(22)15-28-30-24(32)16-7-9-18(10-8-16)29-25(33)23-6-3-13-37-23/h1-15H,(H,29,33)(H,30,32)/b28-15+. The number of anilines is 1. The maximum Gasteiger partial charge on any atom is 0.345 e. The Morgan fingerprint density at radius 1 is 0.974 bits per heavy atom. The summed E-state index contributed by atoms with van der Waals surface area (Å²) in [6, 6.07) is 18.9. The summed E-state index contributed by atoms with van der Waals surface area (Å²) >= 11 is 6.04. The number of non-ortho nitro benzene ring substituents is 1. The van der Waals surface area contributed by atoms with E-state index >= 15 is 0 Å². The van der Waals surface area contributed by atoms with Crippen LogP contribution in [0.25, 0.3) is 0 Å². The van der Waals surface area contributed by atoms with Crippen LogP contribution in [0.2, 0.25) is 5.02 Å². The molecule has 38 heavy (non-hydrogen) atoms. The number of esters is 1. The Labute approximate surface area is 219 Å². The van der Waals surface area contributed by atoms with Crippen molar-refractivity contribution in [2.45, 2.75) is 0 Å². The van der Waals surface area contributed by atoms with Crippen molar-refractivity contribution >= 4 is 47.0 Å². The van der Waals surface area contributed by atoms with Gasteiger partial charge in [-0.3, -0.25) is 19.7 Å². The molecule has 0 spiro atoms. The van der Waals surface area contributed by atoms with E-state index in [9.17, 15) is 24.5 Å². The normalized spacial score (nSPS) is 10.7. The van der Waals surface area contributed by atoms with E-state index in [0.717, 1.165) is 18.3 Å². The van der Waals surface area contributed by atoms with Crippen molar-refractivity contribution < 1.29 is 28.5 Å². The largest absolute Gasteiger partial charge is 0.459 e. The van der Waals surface area contributed by atoms with Gasteiger partial charge in [0.15, 0.2) is 5.76 Å². The van der Waals surface area contributed by atoms with Gasteiger partial charge in [0.1, 0.15) is 5.75 Å². The second-order valence-electron chi connectivity index (χ2n) is 7.56. The molecule has 1 aromatic heterocycles. The first-order valence-electron chi connectivity index (χ1n) is 10.9. The van der Waals surface area contributed by atoms with Crippen molar-refractivity contribution in [1.29, 1.82) is 0 Å². The number of nitrogens with zero attached hydrogens (tertiary/aromatic N) is 2. The molecule has 3 aromatic carbocycles. The third-order valence-electron chi connectivity index (χ3n) is 5.02. The molecule has 0 atom stereocenters. The second-order valence-corrected chi connectivity index (χ2v) is 7.96. The SMILES string of the molecule is O=C(N/N=C/c1cc([N+](=O)[O-])ccc1OC(=O)c1ccccc1Cl)c1ccc(NC(=O)c2ccco2)cc1. The monoisotopic (exact) mass is 532 g/mol. The van der Waals surface area contributed by atoms with Crippen LogP contribution in [0.1, 0.15) is 36.8 Å². The average molecular weight is 533 g/mol. The second kappa shape index (κ2) is 11.6. The number of nitro groups is 1. The van der Waals surface area contributed by atoms with Gasteiger partial charge in [-0.25, -0.2) is 10.2 Å². The Hall–Kier alpha value is -5.29. The van der Waals surface area contributed by atoms with Crippen LogP contribution < -0.4 is 15.5 Å². The number of hydrogen-bond acceptors (Lipinski definition) is 8. The van der Waals surface area contributed by atoms with Crippen LogP contribution in [0.4, 0.5) is 11.4 Å². The summed E-state index contributed by atoms with van der Waals surface area (Å²) in [6.45, 7) is 0. The van der Waals surface area contributed by atoms with E-state index in [2.05, 4.69) is 15.8 Å². The lowest BCUT2D eigenvalue weighted by atomic mass is 10.2. The van der Waals surface area contributed by atoms with Crippen molar-refractivity contribution in [3.8, 4) is 5.75 Å². The maximum atomic E-state index is 12.5. The molecule has 1 heterocycles. The minimum absolute atomic E-state index is 0.0322.